The Labute approximate surface area is 208 Å². The van der Waals surface area contributed by atoms with Crippen LogP contribution in [0, 0.1) is 11.7 Å². The van der Waals surface area contributed by atoms with Gasteiger partial charge in [-0.15, -0.1) is 0 Å². The monoisotopic (exact) mass is 496 g/mol. The van der Waals surface area contributed by atoms with Crippen LogP contribution in [0.3, 0.4) is 0 Å². The fourth-order valence-electron chi connectivity index (χ4n) is 5.33. The maximum Gasteiger partial charge on any atom is 0.306 e. The number of anilines is 1. The molecule has 0 bridgehead atoms. The van der Waals surface area contributed by atoms with Gasteiger partial charge >= 0.3 is 11.9 Å². The van der Waals surface area contributed by atoms with E-state index in [1.165, 1.54) is 17.0 Å². The lowest BCUT2D eigenvalue weighted by molar-refractivity contribution is -0.144. The third kappa shape index (κ3) is 4.80. The van der Waals surface area contributed by atoms with E-state index in [2.05, 4.69) is 4.90 Å². The largest absolute Gasteiger partial charge is 0.486 e. The van der Waals surface area contributed by atoms with Crippen LogP contribution >= 0.6 is 0 Å². The first-order chi connectivity index (χ1) is 17.4. The Bertz CT molecular complexity index is 1160. The molecule has 36 heavy (non-hydrogen) atoms. The second-order valence-corrected chi connectivity index (χ2v) is 9.34. The summed E-state index contributed by atoms with van der Waals surface area (Å²) in [5.41, 5.74) is 1.80. The number of esters is 1. The number of benzene rings is 2. The maximum absolute atomic E-state index is 13.5. The molecule has 0 N–H and O–H groups in total. The number of carbonyl (C=O) groups excluding carboxylic acids is 3. The highest BCUT2D eigenvalue weighted by atomic mass is 19.1. The topological polar surface area (TPSA) is 85.4 Å². The normalized spacial score (nSPS) is 18.8. The SMILES string of the molecule is CCOC(=O)C[C@@H](c1ccc(F)cc1)C1CCN(CN2C(=O)C(=O)c3cc4c(cc32)OCCO4)CC1. The van der Waals surface area contributed by atoms with Crippen LogP contribution in [-0.4, -0.2) is 62.1 Å². The van der Waals surface area contributed by atoms with E-state index in [1.54, 1.807) is 31.2 Å². The highest BCUT2D eigenvalue weighted by Crippen LogP contribution is 2.41. The molecular weight excluding hydrogens is 467 g/mol. The first kappa shape index (κ1) is 24.2. The van der Waals surface area contributed by atoms with Crippen molar-refractivity contribution in [2.24, 2.45) is 5.92 Å². The first-order valence-corrected chi connectivity index (χ1v) is 12.4. The van der Waals surface area contributed by atoms with Crippen LogP contribution in [0.5, 0.6) is 11.5 Å². The van der Waals surface area contributed by atoms with Crippen LogP contribution in [-0.2, 0) is 14.3 Å². The predicted octanol–water partition coefficient (Wildman–Crippen LogP) is 3.53. The Hall–Kier alpha value is -3.46. The van der Waals surface area contributed by atoms with Crippen LogP contribution in [0.25, 0.3) is 0 Å². The number of hydrogen-bond donors (Lipinski definition) is 0. The average Bonchev–Trinajstić information content (AvgIpc) is 3.11. The third-order valence-corrected chi connectivity index (χ3v) is 7.17. The van der Waals surface area contributed by atoms with Crippen molar-refractivity contribution in [3.05, 3.63) is 53.3 Å². The highest BCUT2D eigenvalue weighted by molar-refractivity contribution is 6.52. The van der Waals surface area contributed by atoms with Gasteiger partial charge in [-0.1, -0.05) is 12.1 Å². The summed E-state index contributed by atoms with van der Waals surface area (Å²) in [5.74, 6) is -0.523. The van der Waals surface area contributed by atoms with Gasteiger partial charge in [0, 0.05) is 19.2 Å². The van der Waals surface area contributed by atoms with Gasteiger partial charge in [0.2, 0.25) is 0 Å². The molecule has 190 valence electrons. The zero-order valence-electron chi connectivity index (χ0n) is 20.2. The van der Waals surface area contributed by atoms with Crippen molar-refractivity contribution in [1.29, 1.82) is 0 Å². The average molecular weight is 497 g/mol. The zero-order valence-corrected chi connectivity index (χ0v) is 20.2. The van der Waals surface area contributed by atoms with Crippen molar-refractivity contribution in [2.75, 3.05) is 44.5 Å². The van der Waals surface area contributed by atoms with Gasteiger partial charge in [0.25, 0.3) is 5.78 Å². The lowest BCUT2D eigenvalue weighted by Crippen LogP contribution is -2.45. The quantitative estimate of drug-likeness (QED) is 0.428. The molecule has 1 fully saturated rings. The van der Waals surface area contributed by atoms with Gasteiger partial charge in [-0.2, -0.15) is 0 Å². The molecule has 2 aromatic carbocycles. The number of hydrogen-bond acceptors (Lipinski definition) is 7. The number of carbonyl (C=O) groups is 3. The second kappa shape index (κ2) is 10.3. The lowest BCUT2D eigenvalue weighted by Gasteiger charge is -2.37. The van der Waals surface area contributed by atoms with E-state index in [0.717, 1.165) is 18.4 Å². The number of amides is 1. The Morgan fingerprint density at radius 1 is 1.08 bits per heavy atom. The number of fused-ring (bicyclic) bond motifs is 2. The smallest absolute Gasteiger partial charge is 0.306 e. The van der Waals surface area contributed by atoms with Crippen LogP contribution in [0.4, 0.5) is 10.1 Å². The molecule has 2 aromatic rings. The van der Waals surface area contributed by atoms with Gasteiger partial charge in [0.1, 0.15) is 19.0 Å². The predicted molar refractivity (Wildman–Crippen MR) is 129 cm³/mol. The molecule has 0 aromatic heterocycles. The molecule has 3 aliphatic heterocycles. The molecule has 0 unspecified atom stereocenters. The minimum Gasteiger partial charge on any atom is -0.486 e. The van der Waals surface area contributed by atoms with Crippen LogP contribution < -0.4 is 14.4 Å². The van der Waals surface area contributed by atoms with E-state index in [1.807, 2.05) is 0 Å². The fraction of sp³-hybridized carbons (Fsp3) is 0.444. The van der Waals surface area contributed by atoms with Crippen molar-refractivity contribution in [3.8, 4) is 11.5 Å². The number of rotatable bonds is 7. The second-order valence-electron chi connectivity index (χ2n) is 9.34. The van der Waals surface area contributed by atoms with Crippen molar-refractivity contribution in [2.45, 2.75) is 32.1 Å². The molecule has 3 aliphatic rings. The Morgan fingerprint density at radius 3 is 2.42 bits per heavy atom. The Balaban J connectivity index is 1.28. The lowest BCUT2D eigenvalue weighted by atomic mass is 9.78. The summed E-state index contributed by atoms with van der Waals surface area (Å²) >= 11 is 0. The van der Waals surface area contributed by atoms with Crippen LogP contribution in [0.1, 0.15) is 48.0 Å². The van der Waals surface area contributed by atoms with Gasteiger partial charge in [0.05, 0.1) is 30.9 Å². The number of piperidine rings is 1. The van der Waals surface area contributed by atoms with Gasteiger partial charge in [-0.25, -0.2) is 4.39 Å². The van der Waals surface area contributed by atoms with E-state index in [4.69, 9.17) is 14.2 Å². The first-order valence-electron chi connectivity index (χ1n) is 12.4. The summed E-state index contributed by atoms with van der Waals surface area (Å²) in [6, 6.07) is 9.63. The Morgan fingerprint density at radius 2 is 1.75 bits per heavy atom. The van der Waals surface area contributed by atoms with Gasteiger partial charge < -0.3 is 14.2 Å². The number of Topliss-reactive ketones (excluding diaryl/α,β-unsaturated/α-hetero) is 1. The highest BCUT2D eigenvalue weighted by Gasteiger charge is 2.39. The van der Waals surface area contributed by atoms with Crippen molar-refractivity contribution in [1.82, 2.24) is 4.90 Å². The van der Waals surface area contributed by atoms with E-state index in [-0.39, 0.29) is 30.0 Å². The molecule has 0 radical (unpaired) electrons. The Kier molecular flexibility index (Phi) is 6.91. The van der Waals surface area contributed by atoms with Crippen LogP contribution in [0.15, 0.2) is 36.4 Å². The summed E-state index contributed by atoms with van der Waals surface area (Å²) in [5, 5.41) is 0. The molecule has 0 aliphatic carbocycles. The number of halogens is 1. The van der Waals surface area contributed by atoms with Crippen molar-refractivity contribution < 1.29 is 33.0 Å². The fourth-order valence-corrected chi connectivity index (χ4v) is 5.33. The standard InChI is InChI=1S/C27H29FN2O6/c1-2-34-25(31)14-20(17-3-5-19(28)6-4-17)18-7-9-29(10-8-18)16-30-22-15-24-23(35-11-12-36-24)13-21(22)26(32)27(30)33/h3-6,13,15,18,20H,2,7-12,14,16H2,1H3/t20-/m0/s1. The van der Waals surface area contributed by atoms with Gasteiger partial charge in [-0.05, 0) is 55.4 Å². The summed E-state index contributed by atoms with van der Waals surface area (Å²) in [7, 11) is 0. The molecule has 3 heterocycles. The van der Waals surface area contributed by atoms with Crippen molar-refractivity contribution in [3.63, 3.8) is 0 Å². The van der Waals surface area contributed by atoms with Gasteiger partial charge in [0.15, 0.2) is 11.5 Å². The molecule has 1 atom stereocenters. The third-order valence-electron chi connectivity index (χ3n) is 7.17. The molecule has 8 nitrogen and oxygen atoms in total. The minimum atomic E-state index is -0.555. The molecule has 5 rings (SSSR count). The number of ether oxygens (including phenoxy) is 3. The molecule has 1 amide bonds. The number of likely N-dealkylation sites (tertiary alicyclic amines) is 1. The van der Waals surface area contributed by atoms with Crippen molar-refractivity contribution >= 4 is 23.3 Å². The van der Waals surface area contributed by atoms with Gasteiger partial charge in [-0.3, -0.25) is 24.2 Å². The number of nitrogens with zero attached hydrogens (tertiary/aromatic N) is 2. The van der Waals surface area contributed by atoms with E-state index in [9.17, 15) is 18.8 Å². The summed E-state index contributed by atoms with van der Waals surface area (Å²) in [6.07, 6.45) is 1.83. The zero-order chi connectivity index (χ0) is 25.2. The maximum atomic E-state index is 13.5. The van der Waals surface area contributed by atoms with E-state index < -0.39 is 11.7 Å². The molecule has 1 saturated heterocycles. The molecule has 9 heteroatoms. The molecule has 0 saturated carbocycles. The summed E-state index contributed by atoms with van der Waals surface area (Å²) < 4.78 is 29.9. The molecular formula is C27H29FN2O6. The summed E-state index contributed by atoms with van der Waals surface area (Å²) in [6.45, 7) is 4.61. The molecule has 0 spiro atoms. The van der Waals surface area contributed by atoms with E-state index in [0.29, 0.717) is 62.3 Å². The minimum absolute atomic E-state index is 0.0776. The summed E-state index contributed by atoms with van der Waals surface area (Å²) in [4.78, 5) is 41.4. The number of ketones is 1. The van der Waals surface area contributed by atoms with Crippen LogP contribution in [0.2, 0.25) is 0 Å². The van der Waals surface area contributed by atoms with E-state index >= 15 is 0 Å².